The number of hydrogen-bond donors (Lipinski definition) is 3. The lowest BCUT2D eigenvalue weighted by Crippen LogP contribution is -2.44. The minimum Gasteiger partial charge on any atom is -0.379 e. The number of rotatable bonds is 2. The Morgan fingerprint density at radius 1 is 0.947 bits per heavy atom. The molecule has 0 atom stereocenters. The van der Waals surface area contributed by atoms with Gasteiger partial charge in [-0.15, -0.1) is 10.2 Å². The molecule has 102 valence electrons. The minimum absolute atomic E-state index is 0.273. The predicted molar refractivity (Wildman–Crippen MR) is 71.8 cm³/mol. The lowest BCUT2D eigenvalue weighted by Gasteiger charge is -2.53. The summed E-state index contributed by atoms with van der Waals surface area (Å²) in [6.45, 7) is 0. The molecule has 6 heteroatoms. The van der Waals surface area contributed by atoms with Crippen LogP contribution in [0.5, 0.6) is 0 Å². The number of hydrazine groups is 1. The van der Waals surface area contributed by atoms with Crippen molar-refractivity contribution >= 4 is 11.6 Å². The highest BCUT2D eigenvalue weighted by Gasteiger charge is 2.49. The van der Waals surface area contributed by atoms with Gasteiger partial charge in [-0.25, -0.2) is 10.8 Å². The minimum atomic E-state index is 0.273. The van der Waals surface area contributed by atoms with Crippen LogP contribution >= 0.6 is 0 Å². The third-order valence-electron chi connectivity index (χ3n) is 5.39. The van der Waals surface area contributed by atoms with Crippen molar-refractivity contribution < 1.29 is 0 Å². The zero-order valence-corrected chi connectivity index (χ0v) is 10.9. The number of aromatic nitrogens is 3. The second-order valence-electron chi connectivity index (χ2n) is 6.50. The van der Waals surface area contributed by atoms with Crippen molar-refractivity contribution in [3.05, 3.63) is 5.82 Å². The van der Waals surface area contributed by atoms with Crippen LogP contribution in [0.4, 0.5) is 11.6 Å². The number of anilines is 2. The molecule has 5 N–H and O–H groups in total. The van der Waals surface area contributed by atoms with E-state index in [0.29, 0.717) is 11.7 Å². The summed E-state index contributed by atoms with van der Waals surface area (Å²) in [6, 6.07) is 0. The molecular weight excluding hydrogens is 240 g/mol. The molecule has 0 unspecified atom stereocenters. The van der Waals surface area contributed by atoms with Gasteiger partial charge < -0.3 is 11.2 Å². The van der Waals surface area contributed by atoms with Crippen LogP contribution in [0.1, 0.15) is 43.8 Å². The SMILES string of the molecule is NNc1nc(C2C3CC4CC(C3)CC2C4)nnc1N. The largest absolute Gasteiger partial charge is 0.379 e. The molecule has 1 heterocycles. The maximum atomic E-state index is 5.70. The molecule has 4 fully saturated rings. The van der Waals surface area contributed by atoms with Crippen molar-refractivity contribution in [2.75, 3.05) is 11.2 Å². The lowest BCUT2D eigenvalue weighted by molar-refractivity contribution is -0.00590. The van der Waals surface area contributed by atoms with Crippen molar-refractivity contribution in [3.8, 4) is 0 Å². The van der Waals surface area contributed by atoms with Gasteiger partial charge in [0.25, 0.3) is 0 Å². The molecule has 0 spiro atoms. The fraction of sp³-hybridized carbons (Fsp3) is 0.769. The fourth-order valence-corrected chi connectivity index (χ4v) is 4.94. The highest BCUT2D eigenvalue weighted by atomic mass is 15.3. The van der Waals surface area contributed by atoms with E-state index in [1.165, 1.54) is 32.1 Å². The Hall–Kier alpha value is -1.43. The van der Waals surface area contributed by atoms with Crippen LogP contribution in [0.3, 0.4) is 0 Å². The summed E-state index contributed by atoms with van der Waals surface area (Å²) in [5.74, 6) is 10.9. The molecular formula is C13H20N6. The molecule has 4 aliphatic rings. The van der Waals surface area contributed by atoms with E-state index >= 15 is 0 Å². The molecule has 19 heavy (non-hydrogen) atoms. The molecule has 5 rings (SSSR count). The standard InChI is InChI=1S/C13H20N6/c14-11-13(17-15)16-12(19-18-11)10-8-2-6-1-7(4-8)5-9(10)3-6/h6-10H,1-5,15H2,(H2,14,18)(H,16,17,19). The van der Waals surface area contributed by atoms with Crippen LogP contribution < -0.4 is 17.0 Å². The molecule has 4 saturated carbocycles. The van der Waals surface area contributed by atoms with E-state index in [1.807, 2.05) is 0 Å². The van der Waals surface area contributed by atoms with E-state index in [4.69, 9.17) is 11.6 Å². The van der Waals surface area contributed by atoms with E-state index in [-0.39, 0.29) is 5.82 Å². The summed E-state index contributed by atoms with van der Waals surface area (Å²) in [5, 5.41) is 8.26. The van der Waals surface area contributed by atoms with E-state index in [1.54, 1.807) is 0 Å². The lowest BCUT2D eigenvalue weighted by atomic mass is 9.52. The first-order valence-electron chi connectivity index (χ1n) is 7.21. The Morgan fingerprint density at radius 2 is 1.58 bits per heavy atom. The van der Waals surface area contributed by atoms with Gasteiger partial charge in [-0.3, -0.25) is 0 Å². The van der Waals surface area contributed by atoms with Crippen molar-refractivity contribution in [3.63, 3.8) is 0 Å². The van der Waals surface area contributed by atoms with Crippen molar-refractivity contribution in [2.45, 2.75) is 38.0 Å². The van der Waals surface area contributed by atoms with E-state index in [0.717, 1.165) is 29.5 Å². The van der Waals surface area contributed by atoms with Crippen molar-refractivity contribution in [2.24, 2.45) is 29.5 Å². The Kier molecular flexibility index (Phi) is 2.42. The number of nitrogens with one attached hydrogen (secondary N) is 1. The van der Waals surface area contributed by atoms with Gasteiger partial charge in [0.2, 0.25) is 0 Å². The number of nitrogens with zero attached hydrogens (tertiary/aromatic N) is 3. The van der Waals surface area contributed by atoms with Gasteiger partial charge in [-0.05, 0) is 55.8 Å². The van der Waals surface area contributed by atoms with E-state index in [9.17, 15) is 0 Å². The van der Waals surface area contributed by atoms with Gasteiger partial charge in [0.15, 0.2) is 17.5 Å². The summed E-state index contributed by atoms with van der Waals surface area (Å²) in [6.07, 6.45) is 6.83. The second kappa shape index (κ2) is 4.03. The number of hydrogen-bond acceptors (Lipinski definition) is 6. The molecule has 0 radical (unpaired) electrons. The van der Waals surface area contributed by atoms with Crippen LogP contribution in [0.15, 0.2) is 0 Å². The smallest absolute Gasteiger partial charge is 0.190 e. The molecule has 1 aromatic rings. The van der Waals surface area contributed by atoms with Gasteiger partial charge in [0.1, 0.15) is 0 Å². The highest BCUT2D eigenvalue weighted by molar-refractivity contribution is 5.53. The van der Waals surface area contributed by atoms with Crippen molar-refractivity contribution in [1.82, 2.24) is 15.2 Å². The molecule has 0 amide bonds. The van der Waals surface area contributed by atoms with E-state index < -0.39 is 0 Å². The number of nitrogens with two attached hydrogens (primary N) is 2. The molecule has 6 nitrogen and oxygen atoms in total. The summed E-state index contributed by atoms with van der Waals surface area (Å²) < 4.78 is 0. The highest BCUT2D eigenvalue weighted by Crippen LogP contribution is 2.59. The first-order valence-corrected chi connectivity index (χ1v) is 7.21. The third-order valence-corrected chi connectivity index (χ3v) is 5.39. The molecule has 4 bridgehead atoms. The Morgan fingerprint density at radius 3 is 2.16 bits per heavy atom. The zero-order chi connectivity index (χ0) is 13.0. The Bertz CT molecular complexity index is 474. The second-order valence-corrected chi connectivity index (χ2v) is 6.50. The van der Waals surface area contributed by atoms with Gasteiger partial charge in [0, 0.05) is 5.92 Å². The molecule has 4 aliphatic carbocycles. The average Bonchev–Trinajstić information content (AvgIpc) is 2.39. The van der Waals surface area contributed by atoms with Gasteiger partial charge in [-0.2, -0.15) is 0 Å². The zero-order valence-electron chi connectivity index (χ0n) is 10.9. The average molecular weight is 260 g/mol. The summed E-state index contributed by atoms with van der Waals surface area (Å²) in [7, 11) is 0. The Labute approximate surface area is 112 Å². The summed E-state index contributed by atoms with van der Waals surface area (Å²) >= 11 is 0. The number of nitrogen functional groups attached to an aromatic ring is 2. The Balaban J connectivity index is 1.69. The topological polar surface area (TPSA) is 103 Å². The fourth-order valence-electron chi connectivity index (χ4n) is 4.94. The molecule has 0 aliphatic heterocycles. The molecule has 1 aromatic heterocycles. The van der Waals surface area contributed by atoms with Crippen LogP contribution in [0.2, 0.25) is 0 Å². The van der Waals surface area contributed by atoms with Crippen LogP contribution in [-0.2, 0) is 0 Å². The van der Waals surface area contributed by atoms with Gasteiger partial charge >= 0.3 is 0 Å². The predicted octanol–water partition coefficient (Wildman–Crippen LogP) is 1.28. The van der Waals surface area contributed by atoms with Gasteiger partial charge in [0.05, 0.1) is 0 Å². The van der Waals surface area contributed by atoms with Crippen molar-refractivity contribution in [1.29, 1.82) is 0 Å². The van der Waals surface area contributed by atoms with Gasteiger partial charge in [-0.1, -0.05) is 0 Å². The van der Waals surface area contributed by atoms with Crippen LogP contribution in [0.25, 0.3) is 0 Å². The normalized spacial score (nSPS) is 39.5. The molecule has 0 aromatic carbocycles. The summed E-state index contributed by atoms with van der Waals surface area (Å²) in [4.78, 5) is 4.50. The maximum absolute atomic E-state index is 5.70. The first kappa shape index (κ1) is 11.4. The quantitative estimate of drug-likeness (QED) is 0.547. The first-order chi connectivity index (χ1) is 9.24. The van der Waals surface area contributed by atoms with Crippen LogP contribution in [-0.4, -0.2) is 15.2 Å². The summed E-state index contributed by atoms with van der Waals surface area (Å²) in [5.41, 5.74) is 8.22. The monoisotopic (exact) mass is 260 g/mol. The molecule has 0 saturated heterocycles. The maximum Gasteiger partial charge on any atom is 0.190 e. The van der Waals surface area contributed by atoms with E-state index in [2.05, 4.69) is 20.6 Å². The van der Waals surface area contributed by atoms with Crippen LogP contribution in [0, 0.1) is 23.7 Å². The third kappa shape index (κ3) is 1.69.